The smallest absolute Gasteiger partial charge is 0.234 e. The van der Waals surface area contributed by atoms with Crippen LogP contribution in [0.25, 0.3) is 10.7 Å². The highest BCUT2D eigenvalue weighted by Gasteiger charge is 2.14. The number of benzene rings is 2. The standard InChI is InChI=1S/C24H23N5O2S2/c1-16-13-18(25-21(30)14-17-7-4-3-5-8-17)10-11-19(16)26-22(31)15-33-24-28-27-23(29(24)2)20-9-6-12-32-20/h3-13H,14-15H2,1-2H3,(H,25,30)(H,26,31). The molecule has 4 rings (SSSR count). The van der Waals surface area contributed by atoms with E-state index in [4.69, 9.17) is 0 Å². The number of nitrogens with zero attached hydrogens (tertiary/aromatic N) is 3. The predicted molar refractivity (Wildman–Crippen MR) is 134 cm³/mol. The maximum atomic E-state index is 12.5. The lowest BCUT2D eigenvalue weighted by Gasteiger charge is -2.11. The van der Waals surface area contributed by atoms with Crippen LogP contribution in [0.1, 0.15) is 11.1 Å². The molecule has 0 bridgehead atoms. The summed E-state index contributed by atoms with van der Waals surface area (Å²) in [5.74, 6) is 0.781. The van der Waals surface area contributed by atoms with Gasteiger partial charge in [0.15, 0.2) is 11.0 Å². The minimum absolute atomic E-state index is 0.0839. The van der Waals surface area contributed by atoms with Crippen molar-refractivity contribution in [1.82, 2.24) is 14.8 Å². The van der Waals surface area contributed by atoms with Crippen LogP contribution in [0, 0.1) is 6.92 Å². The molecule has 0 atom stereocenters. The summed E-state index contributed by atoms with van der Waals surface area (Å²) >= 11 is 2.93. The van der Waals surface area contributed by atoms with Gasteiger partial charge in [0.05, 0.1) is 17.1 Å². The highest BCUT2D eigenvalue weighted by molar-refractivity contribution is 7.99. The third-order valence-corrected chi connectivity index (χ3v) is 6.79. The quantitative estimate of drug-likeness (QED) is 0.357. The fourth-order valence-electron chi connectivity index (χ4n) is 3.25. The van der Waals surface area contributed by atoms with Gasteiger partial charge in [-0.25, -0.2) is 0 Å². The summed E-state index contributed by atoms with van der Waals surface area (Å²) in [7, 11) is 1.89. The molecule has 2 aromatic heterocycles. The Morgan fingerprint density at radius 2 is 1.82 bits per heavy atom. The molecule has 2 N–H and O–H groups in total. The summed E-state index contributed by atoms with van der Waals surface area (Å²) in [6.45, 7) is 1.89. The van der Waals surface area contributed by atoms with E-state index in [1.165, 1.54) is 11.8 Å². The van der Waals surface area contributed by atoms with Crippen LogP contribution in [0.3, 0.4) is 0 Å². The van der Waals surface area contributed by atoms with Crippen molar-refractivity contribution in [3.8, 4) is 10.7 Å². The van der Waals surface area contributed by atoms with Gasteiger partial charge in [0, 0.05) is 18.4 Å². The zero-order chi connectivity index (χ0) is 23.2. The monoisotopic (exact) mass is 477 g/mol. The normalized spacial score (nSPS) is 10.7. The first kappa shape index (κ1) is 22.8. The van der Waals surface area contributed by atoms with Gasteiger partial charge in [0.2, 0.25) is 11.8 Å². The number of carbonyl (C=O) groups excluding carboxylic acids is 2. The molecule has 168 valence electrons. The van der Waals surface area contributed by atoms with E-state index < -0.39 is 0 Å². The average molecular weight is 478 g/mol. The molecular weight excluding hydrogens is 454 g/mol. The second kappa shape index (κ2) is 10.5. The molecular formula is C24H23N5O2S2. The molecule has 2 amide bonds. The predicted octanol–water partition coefficient (Wildman–Crippen LogP) is 4.76. The third kappa shape index (κ3) is 5.88. The SMILES string of the molecule is Cc1cc(NC(=O)Cc2ccccc2)ccc1NC(=O)CSc1nnc(-c2cccs2)n1C. The van der Waals surface area contributed by atoms with Crippen molar-refractivity contribution >= 4 is 46.3 Å². The van der Waals surface area contributed by atoms with Crippen molar-refractivity contribution < 1.29 is 9.59 Å². The Balaban J connectivity index is 1.31. The first-order valence-corrected chi connectivity index (χ1v) is 12.2. The van der Waals surface area contributed by atoms with Gasteiger partial charge in [-0.1, -0.05) is 48.2 Å². The maximum absolute atomic E-state index is 12.5. The van der Waals surface area contributed by atoms with E-state index in [0.717, 1.165) is 21.8 Å². The van der Waals surface area contributed by atoms with Crippen molar-refractivity contribution in [2.45, 2.75) is 18.5 Å². The first-order valence-electron chi connectivity index (χ1n) is 10.3. The molecule has 33 heavy (non-hydrogen) atoms. The molecule has 2 aromatic carbocycles. The van der Waals surface area contributed by atoms with Crippen LogP contribution < -0.4 is 10.6 Å². The molecule has 4 aromatic rings. The van der Waals surface area contributed by atoms with E-state index in [1.54, 1.807) is 23.5 Å². The Kier molecular flexibility index (Phi) is 7.21. The number of hydrogen-bond acceptors (Lipinski definition) is 6. The van der Waals surface area contributed by atoms with E-state index in [-0.39, 0.29) is 17.6 Å². The van der Waals surface area contributed by atoms with E-state index in [2.05, 4.69) is 20.8 Å². The molecule has 0 aliphatic rings. The number of carbonyl (C=O) groups is 2. The lowest BCUT2D eigenvalue weighted by Crippen LogP contribution is -2.16. The number of amides is 2. The topological polar surface area (TPSA) is 88.9 Å². The molecule has 0 saturated carbocycles. The fraction of sp³-hybridized carbons (Fsp3) is 0.167. The number of aryl methyl sites for hydroxylation is 1. The number of anilines is 2. The fourth-order valence-corrected chi connectivity index (χ4v) is 4.70. The molecule has 0 radical (unpaired) electrons. The summed E-state index contributed by atoms with van der Waals surface area (Å²) in [5.41, 5.74) is 3.22. The number of thiophene rings is 1. The Morgan fingerprint density at radius 1 is 1.00 bits per heavy atom. The number of aromatic nitrogens is 3. The van der Waals surface area contributed by atoms with Crippen LogP contribution in [0.4, 0.5) is 11.4 Å². The number of thioether (sulfide) groups is 1. The second-order valence-corrected chi connectivity index (χ2v) is 9.31. The Bertz CT molecular complexity index is 1250. The Morgan fingerprint density at radius 3 is 2.55 bits per heavy atom. The van der Waals surface area contributed by atoms with Gasteiger partial charge in [-0.05, 0) is 47.7 Å². The van der Waals surface area contributed by atoms with Gasteiger partial charge < -0.3 is 15.2 Å². The molecule has 0 aliphatic heterocycles. The largest absolute Gasteiger partial charge is 0.326 e. The van der Waals surface area contributed by atoms with Gasteiger partial charge in [-0.3, -0.25) is 9.59 Å². The Labute approximate surface area is 200 Å². The summed E-state index contributed by atoms with van der Waals surface area (Å²) < 4.78 is 1.89. The summed E-state index contributed by atoms with van der Waals surface area (Å²) in [6.07, 6.45) is 0.311. The van der Waals surface area contributed by atoms with Gasteiger partial charge in [-0.15, -0.1) is 21.5 Å². The van der Waals surface area contributed by atoms with Crippen molar-refractivity contribution in [3.05, 3.63) is 77.2 Å². The van der Waals surface area contributed by atoms with Gasteiger partial charge >= 0.3 is 0 Å². The number of nitrogens with one attached hydrogen (secondary N) is 2. The lowest BCUT2D eigenvalue weighted by atomic mass is 10.1. The summed E-state index contributed by atoms with van der Waals surface area (Å²) in [5, 5.41) is 16.9. The molecule has 0 spiro atoms. The van der Waals surface area contributed by atoms with Crippen molar-refractivity contribution in [3.63, 3.8) is 0 Å². The zero-order valence-corrected chi connectivity index (χ0v) is 19.9. The van der Waals surface area contributed by atoms with Crippen molar-refractivity contribution in [2.24, 2.45) is 7.05 Å². The average Bonchev–Trinajstić information content (AvgIpc) is 3.44. The molecule has 0 unspecified atom stereocenters. The van der Waals surface area contributed by atoms with Crippen molar-refractivity contribution in [2.75, 3.05) is 16.4 Å². The van der Waals surface area contributed by atoms with E-state index >= 15 is 0 Å². The Hall–Kier alpha value is -3.43. The molecule has 0 saturated heterocycles. The number of hydrogen-bond donors (Lipinski definition) is 2. The van der Waals surface area contributed by atoms with Crippen LogP contribution in [0.5, 0.6) is 0 Å². The minimum atomic E-state index is -0.135. The lowest BCUT2D eigenvalue weighted by molar-refractivity contribution is -0.115. The van der Waals surface area contributed by atoms with Crippen LogP contribution in [-0.2, 0) is 23.1 Å². The van der Waals surface area contributed by atoms with Crippen LogP contribution in [0.2, 0.25) is 0 Å². The van der Waals surface area contributed by atoms with Crippen molar-refractivity contribution in [1.29, 1.82) is 0 Å². The highest BCUT2D eigenvalue weighted by Crippen LogP contribution is 2.26. The molecule has 2 heterocycles. The highest BCUT2D eigenvalue weighted by atomic mass is 32.2. The van der Waals surface area contributed by atoms with Crippen LogP contribution in [-0.4, -0.2) is 32.3 Å². The molecule has 0 aliphatic carbocycles. The van der Waals surface area contributed by atoms with E-state index in [0.29, 0.717) is 23.0 Å². The van der Waals surface area contributed by atoms with Gasteiger partial charge in [0.1, 0.15) is 0 Å². The van der Waals surface area contributed by atoms with E-state index in [9.17, 15) is 9.59 Å². The first-order chi connectivity index (χ1) is 16.0. The second-order valence-electron chi connectivity index (χ2n) is 7.42. The van der Waals surface area contributed by atoms with Crippen LogP contribution in [0.15, 0.2) is 71.2 Å². The summed E-state index contributed by atoms with van der Waals surface area (Å²) in [4.78, 5) is 25.8. The third-order valence-electron chi connectivity index (χ3n) is 4.90. The molecule has 9 heteroatoms. The molecule has 0 fully saturated rings. The van der Waals surface area contributed by atoms with Gasteiger partial charge in [0.25, 0.3) is 0 Å². The maximum Gasteiger partial charge on any atom is 0.234 e. The van der Waals surface area contributed by atoms with Crippen LogP contribution >= 0.6 is 23.1 Å². The number of rotatable bonds is 8. The minimum Gasteiger partial charge on any atom is -0.326 e. The summed E-state index contributed by atoms with van der Waals surface area (Å²) in [6, 6.07) is 19.0. The van der Waals surface area contributed by atoms with E-state index in [1.807, 2.05) is 72.4 Å². The van der Waals surface area contributed by atoms with Gasteiger partial charge in [-0.2, -0.15) is 0 Å². The molecule has 7 nitrogen and oxygen atoms in total. The zero-order valence-electron chi connectivity index (χ0n) is 18.2.